The van der Waals surface area contributed by atoms with Crippen molar-refractivity contribution in [3.05, 3.63) is 53.6 Å². The number of rotatable bonds is 3. The summed E-state index contributed by atoms with van der Waals surface area (Å²) < 4.78 is 0. The monoisotopic (exact) mass is 258 g/mol. The minimum absolute atomic E-state index is 0.00741. The maximum absolute atomic E-state index is 11.3. The lowest BCUT2D eigenvalue weighted by molar-refractivity contribution is 0.0652. The third-order valence-electron chi connectivity index (χ3n) is 2.69. The number of benzene rings is 2. The zero-order chi connectivity index (χ0) is 14.0. The predicted octanol–water partition coefficient (Wildman–Crippen LogP) is 2.46. The van der Waals surface area contributed by atoms with Gasteiger partial charge in [0.2, 0.25) is 0 Å². The fraction of sp³-hybridized carbons (Fsp3) is 0. The number of carboxylic acids is 2. The van der Waals surface area contributed by atoms with E-state index in [2.05, 4.69) is 0 Å². The van der Waals surface area contributed by atoms with E-state index >= 15 is 0 Å². The lowest BCUT2D eigenvalue weighted by atomic mass is 9.94. The molecule has 0 fully saturated rings. The van der Waals surface area contributed by atoms with Crippen molar-refractivity contribution in [1.29, 1.82) is 0 Å². The van der Waals surface area contributed by atoms with E-state index in [1.54, 1.807) is 30.3 Å². The number of phenolic OH excluding ortho intramolecular Hbond substituents is 1. The molecule has 0 radical (unpaired) electrons. The zero-order valence-electron chi connectivity index (χ0n) is 9.70. The molecule has 2 aromatic rings. The standard InChI is InChI=1S/C14H10O5/c15-10-7-6-9(13(16)17)12(14(18)19)11(10)8-4-2-1-3-5-8/h1-7,15H,(H,16,17)(H,18,19). The van der Waals surface area contributed by atoms with Crippen LogP contribution in [0.25, 0.3) is 11.1 Å². The molecular formula is C14H10O5. The number of hydrogen-bond donors (Lipinski definition) is 3. The minimum Gasteiger partial charge on any atom is -0.507 e. The molecule has 96 valence electrons. The Hall–Kier alpha value is -2.82. The molecule has 0 aliphatic rings. The molecule has 0 bridgehead atoms. The van der Waals surface area contributed by atoms with E-state index in [-0.39, 0.29) is 16.9 Å². The Labute approximate surface area is 108 Å². The van der Waals surface area contributed by atoms with Gasteiger partial charge in [-0.2, -0.15) is 0 Å². The summed E-state index contributed by atoms with van der Waals surface area (Å²) in [6.45, 7) is 0. The van der Waals surface area contributed by atoms with Crippen LogP contribution in [0.15, 0.2) is 42.5 Å². The zero-order valence-corrected chi connectivity index (χ0v) is 9.70. The second-order valence-corrected chi connectivity index (χ2v) is 3.86. The highest BCUT2D eigenvalue weighted by Gasteiger charge is 2.23. The van der Waals surface area contributed by atoms with Crippen LogP contribution in [-0.2, 0) is 0 Å². The van der Waals surface area contributed by atoms with E-state index in [1.165, 1.54) is 6.07 Å². The highest BCUT2D eigenvalue weighted by Crippen LogP contribution is 2.34. The van der Waals surface area contributed by atoms with Crippen LogP contribution < -0.4 is 0 Å². The number of aromatic carboxylic acids is 2. The molecule has 0 aliphatic carbocycles. The van der Waals surface area contributed by atoms with Gasteiger partial charge in [0.05, 0.1) is 11.1 Å². The largest absolute Gasteiger partial charge is 0.507 e. The van der Waals surface area contributed by atoms with E-state index in [0.29, 0.717) is 5.56 Å². The SMILES string of the molecule is O=C(O)c1ccc(O)c(-c2ccccc2)c1C(=O)O. The van der Waals surface area contributed by atoms with Crippen LogP contribution in [0.5, 0.6) is 5.75 Å². The van der Waals surface area contributed by atoms with Crippen LogP contribution in [-0.4, -0.2) is 27.3 Å². The minimum atomic E-state index is -1.40. The lowest BCUT2D eigenvalue weighted by Crippen LogP contribution is -2.10. The smallest absolute Gasteiger partial charge is 0.337 e. The Kier molecular flexibility index (Phi) is 3.20. The fourth-order valence-electron chi connectivity index (χ4n) is 1.89. The average Bonchev–Trinajstić information content (AvgIpc) is 2.38. The van der Waals surface area contributed by atoms with Gasteiger partial charge in [0.1, 0.15) is 5.75 Å². The maximum Gasteiger partial charge on any atom is 0.337 e. The van der Waals surface area contributed by atoms with Gasteiger partial charge < -0.3 is 15.3 Å². The highest BCUT2D eigenvalue weighted by atomic mass is 16.4. The molecule has 0 saturated carbocycles. The van der Waals surface area contributed by atoms with Crippen molar-refractivity contribution in [2.45, 2.75) is 0 Å². The summed E-state index contributed by atoms with van der Waals surface area (Å²) in [5.74, 6) is -3.02. The van der Waals surface area contributed by atoms with E-state index in [0.717, 1.165) is 6.07 Å². The first-order chi connectivity index (χ1) is 9.02. The molecule has 0 unspecified atom stereocenters. The summed E-state index contributed by atoms with van der Waals surface area (Å²) in [5.41, 5.74) is -0.323. The van der Waals surface area contributed by atoms with Crippen molar-refractivity contribution in [2.75, 3.05) is 0 Å². The first-order valence-electron chi connectivity index (χ1n) is 5.40. The van der Waals surface area contributed by atoms with Crippen molar-refractivity contribution in [3.63, 3.8) is 0 Å². The van der Waals surface area contributed by atoms with Gasteiger partial charge in [-0.05, 0) is 17.7 Å². The van der Waals surface area contributed by atoms with Crippen molar-refractivity contribution in [3.8, 4) is 16.9 Å². The Bertz CT molecular complexity index is 646. The first-order valence-corrected chi connectivity index (χ1v) is 5.40. The summed E-state index contributed by atoms with van der Waals surface area (Å²) in [7, 11) is 0. The molecule has 0 spiro atoms. The number of carboxylic acid groups (broad SMARTS) is 2. The normalized spacial score (nSPS) is 10.1. The fourth-order valence-corrected chi connectivity index (χ4v) is 1.89. The van der Waals surface area contributed by atoms with Crippen molar-refractivity contribution in [2.24, 2.45) is 0 Å². The molecule has 0 atom stereocenters. The molecule has 19 heavy (non-hydrogen) atoms. The molecule has 0 aromatic heterocycles. The van der Waals surface area contributed by atoms with Crippen LogP contribution in [0.1, 0.15) is 20.7 Å². The number of carbonyl (C=O) groups is 2. The topological polar surface area (TPSA) is 94.8 Å². The first kappa shape index (κ1) is 12.6. The number of phenols is 1. The highest BCUT2D eigenvalue weighted by molar-refractivity contribution is 6.07. The van der Waals surface area contributed by atoms with E-state index in [4.69, 9.17) is 5.11 Å². The summed E-state index contributed by atoms with van der Waals surface area (Å²) in [6, 6.07) is 10.6. The molecule has 2 aromatic carbocycles. The Morgan fingerprint density at radius 3 is 2.00 bits per heavy atom. The summed E-state index contributed by atoms with van der Waals surface area (Å²) in [5, 5.41) is 28.1. The molecule has 0 heterocycles. The van der Waals surface area contributed by atoms with Crippen molar-refractivity contribution in [1.82, 2.24) is 0 Å². The van der Waals surface area contributed by atoms with Gasteiger partial charge >= 0.3 is 11.9 Å². The third kappa shape index (κ3) is 2.26. The molecule has 3 N–H and O–H groups in total. The molecule has 5 nitrogen and oxygen atoms in total. The van der Waals surface area contributed by atoms with Gasteiger partial charge in [-0.1, -0.05) is 30.3 Å². The Balaban J connectivity index is 2.82. The molecule has 2 rings (SSSR count). The summed E-state index contributed by atoms with van der Waals surface area (Å²) >= 11 is 0. The van der Waals surface area contributed by atoms with E-state index in [9.17, 15) is 19.8 Å². The van der Waals surface area contributed by atoms with Gasteiger partial charge in [0.15, 0.2) is 0 Å². The van der Waals surface area contributed by atoms with Gasteiger partial charge in [0.25, 0.3) is 0 Å². The molecule has 0 amide bonds. The molecular weight excluding hydrogens is 248 g/mol. The number of aromatic hydroxyl groups is 1. The van der Waals surface area contributed by atoms with Gasteiger partial charge in [0, 0.05) is 5.56 Å². The Morgan fingerprint density at radius 1 is 0.842 bits per heavy atom. The van der Waals surface area contributed by atoms with Crippen LogP contribution in [0.2, 0.25) is 0 Å². The van der Waals surface area contributed by atoms with Crippen molar-refractivity contribution >= 4 is 11.9 Å². The third-order valence-corrected chi connectivity index (χ3v) is 2.69. The predicted molar refractivity (Wildman–Crippen MR) is 67.5 cm³/mol. The quantitative estimate of drug-likeness (QED) is 0.786. The molecule has 0 saturated heterocycles. The Morgan fingerprint density at radius 2 is 1.47 bits per heavy atom. The van der Waals surface area contributed by atoms with Crippen LogP contribution >= 0.6 is 0 Å². The van der Waals surface area contributed by atoms with Crippen molar-refractivity contribution < 1.29 is 24.9 Å². The van der Waals surface area contributed by atoms with Gasteiger partial charge in [-0.25, -0.2) is 9.59 Å². The van der Waals surface area contributed by atoms with Crippen LogP contribution in [0.3, 0.4) is 0 Å². The van der Waals surface area contributed by atoms with Gasteiger partial charge in [-0.15, -0.1) is 0 Å². The van der Waals surface area contributed by atoms with Crippen LogP contribution in [0, 0.1) is 0 Å². The second kappa shape index (κ2) is 4.81. The van der Waals surface area contributed by atoms with Crippen LogP contribution in [0.4, 0.5) is 0 Å². The van der Waals surface area contributed by atoms with E-state index in [1.807, 2.05) is 0 Å². The maximum atomic E-state index is 11.3. The molecule has 0 aliphatic heterocycles. The van der Waals surface area contributed by atoms with E-state index < -0.39 is 17.5 Å². The molecule has 5 heteroatoms. The second-order valence-electron chi connectivity index (χ2n) is 3.86. The number of hydrogen-bond acceptors (Lipinski definition) is 3. The lowest BCUT2D eigenvalue weighted by Gasteiger charge is -2.11. The van der Waals surface area contributed by atoms with Gasteiger partial charge in [-0.3, -0.25) is 0 Å². The summed E-state index contributed by atoms with van der Waals surface area (Å²) in [4.78, 5) is 22.4. The summed E-state index contributed by atoms with van der Waals surface area (Å²) in [6.07, 6.45) is 0. The average molecular weight is 258 g/mol.